The van der Waals surface area contributed by atoms with Crippen molar-refractivity contribution in [1.29, 1.82) is 0 Å². The monoisotopic (exact) mass is 413 g/mol. The van der Waals surface area contributed by atoms with Gasteiger partial charge in [0.15, 0.2) is 0 Å². The number of carbonyl (C=O) groups is 2. The number of nitrogens with zero attached hydrogens (tertiary/aromatic N) is 1. The Balaban J connectivity index is 1.79. The molecule has 5 nitrogen and oxygen atoms in total. The zero-order valence-electron chi connectivity index (χ0n) is 17.2. The number of carbonyl (C=O) groups excluding carboxylic acids is 2. The Bertz CT molecular complexity index is 1120. The molecular weight excluding hydrogens is 390 g/mol. The maximum Gasteiger partial charge on any atom is 0.295 e. The Kier molecular flexibility index (Phi) is 5.85. The molecule has 156 valence electrons. The number of ether oxygens (including phenoxy) is 1. The number of hydrogen-bond acceptors (Lipinski definition) is 4. The van der Waals surface area contributed by atoms with E-state index < -0.39 is 17.7 Å². The molecule has 1 N–H and O–H groups in total. The molecule has 1 fully saturated rings. The standard InChI is InChI=1S/C26H23NO4/c1-31-21-14-8-13-20(17-21)23-22(24(28)19-11-6-3-7-12-19)25(29)26(30)27(23)16-15-18-9-4-2-5-10-18/h2-14,17,23,28H,15-16H2,1H3/b24-22+. The molecule has 1 atom stereocenters. The van der Waals surface area contributed by atoms with Gasteiger partial charge in [-0.15, -0.1) is 0 Å². The molecule has 4 rings (SSSR count). The van der Waals surface area contributed by atoms with Gasteiger partial charge in [-0.2, -0.15) is 0 Å². The minimum atomic E-state index is -0.695. The molecule has 31 heavy (non-hydrogen) atoms. The van der Waals surface area contributed by atoms with Crippen LogP contribution in [0.5, 0.6) is 5.75 Å². The number of rotatable bonds is 6. The molecule has 0 bridgehead atoms. The van der Waals surface area contributed by atoms with Crippen LogP contribution in [0, 0.1) is 0 Å². The second-order valence-corrected chi connectivity index (χ2v) is 7.37. The fraction of sp³-hybridized carbons (Fsp3) is 0.154. The molecule has 3 aromatic carbocycles. The van der Waals surface area contributed by atoms with E-state index >= 15 is 0 Å². The number of Topliss-reactive ketones (excluding diaryl/α,β-unsaturated/α-hetero) is 1. The molecule has 1 aliphatic heterocycles. The van der Waals surface area contributed by atoms with Gasteiger partial charge in [-0.1, -0.05) is 72.8 Å². The van der Waals surface area contributed by atoms with Crippen molar-refractivity contribution < 1.29 is 19.4 Å². The van der Waals surface area contributed by atoms with Crippen LogP contribution in [0.25, 0.3) is 5.76 Å². The van der Waals surface area contributed by atoms with Gasteiger partial charge in [0.2, 0.25) is 0 Å². The summed E-state index contributed by atoms with van der Waals surface area (Å²) in [5.41, 5.74) is 2.37. The van der Waals surface area contributed by atoms with Gasteiger partial charge in [0.1, 0.15) is 11.5 Å². The number of ketones is 1. The van der Waals surface area contributed by atoms with Gasteiger partial charge in [0.25, 0.3) is 11.7 Å². The number of likely N-dealkylation sites (tertiary alicyclic amines) is 1. The van der Waals surface area contributed by atoms with Crippen LogP contribution >= 0.6 is 0 Å². The highest BCUT2D eigenvalue weighted by Crippen LogP contribution is 2.40. The number of aliphatic hydroxyl groups excluding tert-OH is 1. The van der Waals surface area contributed by atoms with Crippen molar-refractivity contribution in [2.45, 2.75) is 12.5 Å². The fourth-order valence-corrected chi connectivity index (χ4v) is 3.91. The quantitative estimate of drug-likeness (QED) is 0.370. The van der Waals surface area contributed by atoms with Crippen LogP contribution in [0.4, 0.5) is 0 Å². The van der Waals surface area contributed by atoms with E-state index in [0.717, 1.165) is 5.56 Å². The van der Waals surface area contributed by atoms with Crippen molar-refractivity contribution in [2.75, 3.05) is 13.7 Å². The summed E-state index contributed by atoms with van der Waals surface area (Å²) in [6, 6.07) is 25.2. The average Bonchev–Trinajstić information content (AvgIpc) is 3.08. The minimum Gasteiger partial charge on any atom is -0.507 e. The van der Waals surface area contributed by atoms with Gasteiger partial charge in [-0.25, -0.2) is 0 Å². The Morgan fingerprint density at radius 1 is 0.935 bits per heavy atom. The first-order chi connectivity index (χ1) is 15.1. The average molecular weight is 413 g/mol. The van der Waals surface area contributed by atoms with Crippen molar-refractivity contribution in [3.05, 3.63) is 107 Å². The van der Waals surface area contributed by atoms with Crippen LogP contribution in [0.1, 0.15) is 22.7 Å². The molecule has 1 amide bonds. The molecule has 3 aromatic rings. The highest BCUT2D eigenvalue weighted by atomic mass is 16.5. The Labute approximate surface area is 181 Å². The van der Waals surface area contributed by atoms with Crippen molar-refractivity contribution in [3.63, 3.8) is 0 Å². The van der Waals surface area contributed by atoms with E-state index in [1.807, 2.05) is 48.5 Å². The summed E-state index contributed by atoms with van der Waals surface area (Å²) in [4.78, 5) is 27.6. The Hall–Kier alpha value is -3.86. The topological polar surface area (TPSA) is 66.8 Å². The summed E-state index contributed by atoms with van der Waals surface area (Å²) < 4.78 is 5.35. The lowest BCUT2D eigenvalue weighted by Crippen LogP contribution is -2.31. The van der Waals surface area contributed by atoms with Crippen LogP contribution in [-0.4, -0.2) is 35.4 Å². The lowest BCUT2D eigenvalue weighted by atomic mass is 9.95. The first kappa shape index (κ1) is 20.4. The van der Waals surface area contributed by atoms with E-state index in [4.69, 9.17) is 4.74 Å². The largest absolute Gasteiger partial charge is 0.507 e. The van der Waals surface area contributed by atoms with E-state index in [-0.39, 0.29) is 11.3 Å². The van der Waals surface area contributed by atoms with E-state index in [2.05, 4.69) is 0 Å². The number of hydrogen-bond donors (Lipinski definition) is 1. The molecule has 1 unspecified atom stereocenters. The second kappa shape index (κ2) is 8.88. The molecule has 0 saturated carbocycles. The van der Waals surface area contributed by atoms with Crippen LogP contribution < -0.4 is 4.74 Å². The third-order valence-electron chi connectivity index (χ3n) is 5.48. The van der Waals surface area contributed by atoms with Gasteiger partial charge >= 0.3 is 0 Å². The van der Waals surface area contributed by atoms with Crippen LogP contribution in [0.3, 0.4) is 0 Å². The number of benzene rings is 3. The summed E-state index contributed by atoms with van der Waals surface area (Å²) in [5, 5.41) is 11.0. The van der Waals surface area contributed by atoms with E-state index in [9.17, 15) is 14.7 Å². The van der Waals surface area contributed by atoms with Gasteiger partial charge < -0.3 is 14.7 Å². The summed E-state index contributed by atoms with van der Waals surface area (Å²) in [6.07, 6.45) is 0.597. The smallest absolute Gasteiger partial charge is 0.295 e. The third kappa shape index (κ3) is 4.08. The van der Waals surface area contributed by atoms with Crippen LogP contribution in [0.15, 0.2) is 90.5 Å². The molecule has 0 aromatic heterocycles. The maximum absolute atomic E-state index is 13.0. The SMILES string of the molecule is COc1cccc(C2/C(=C(\O)c3ccccc3)C(=O)C(=O)N2CCc2ccccc2)c1. The van der Waals surface area contributed by atoms with Crippen molar-refractivity contribution in [3.8, 4) is 5.75 Å². The molecule has 1 aliphatic rings. The number of methoxy groups -OCH3 is 1. The van der Waals surface area contributed by atoms with Crippen molar-refractivity contribution in [1.82, 2.24) is 4.90 Å². The zero-order valence-corrected chi connectivity index (χ0v) is 17.2. The molecule has 5 heteroatoms. The highest BCUT2D eigenvalue weighted by molar-refractivity contribution is 6.46. The van der Waals surface area contributed by atoms with Crippen molar-refractivity contribution in [2.24, 2.45) is 0 Å². The first-order valence-electron chi connectivity index (χ1n) is 10.1. The molecule has 0 spiro atoms. The number of aliphatic hydroxyl groups is 1. The lowest BCUT2D eigenvalue weighted by Gasteiger charge is -2.25. The summed E-state index contributed by atoms with van der Waals surface area (Å²) >= 11 is 0. The molecular formula is C26H23NO4. The van der Waals surface area contributed by atoms with E-state index in [1.165, 1.54) is 0 Å². The highest BCUT2D eigenvalue weighted by Gasteiger charge is 2.45. The van der Waals surface area contributed by atoms with Gasteiger partial charge in [0.05, 0.1) is 18.7 Å². The van der Waals surface area contributed by atoms with Crippen LogP contribution in [-0.2, 0) is 16.0 Å². The van der Waals surface area contributed by atoms with Crippen LogP contribution in [0.2, 0.25) is 0 Å². The Morgan fingerprint density at radius 2 is 1.61 bits per heavy atom. The first-order valence-corrected chi connectivity index (χ1v) is 10.1. The zero-order chi connectivity index (χ0) is 21.8. The summed E-state index contributed by atoms with van der Waals surface area (Å²) in [6.45, 7) is 0.349. The van der Waals surface area contributed by atoms with E-state index in [0.29, 0.717) is 29.8 Å². The minimum absolute atomic E-state index is 0.0949. The second-order valence-electron chi connectivity index (χ2n) is 7.37. The molecule has 1 heterocycles. The summed E-state index contributed by atoms with van der Waals surface area (Å²) in [5.74, 6) is -0.844. The summed E-state index contributed by atoms with van der Waals surface area (Å²) in [7, 11) is 1.56. The van der Waals surface area contributed by atoms with Gasteiger partial charge in [0, 0.05) is 12.1 Å². The van der Waals surface area contributed by atoms with Gasteiger partial charge in [-0.3, -0.25) is 9.59 Å². The Morgan fingerprint density at radius 3 is 2.29 bits per heavy atom. The van der Waals surface area contributed by atoms with E-state index in [1.54, 1.807) is 48.4 Å². The molecule has 1 saturated heterocycles. The third-order valence-corrected chi connectivity index (χ3v) is 5.48. The van der Waals surface area contributed by atoms with Crippen molar-refractivity contribution >= 4 is 17.4 Å². The number of amides is 1. The lowest BCUT2D eigenvalue weighted by molar-refractivity contribution is -0.139. The van der Waals surface area contributed by atoms with Gasteiger partial charge in [-0.05, 0) is 29.7 Å². The predicted octanol–water partition coefficient (Wildman–Crippen LogP) is 4.36. The fourth-order valence-electron chi connectivity index (χ4n) is 3.91. The molecule has 0 aliphatic carbocycles. The normalized spacial score (nSPS) is 17.7. The molecule has 0 radical (unpaired) electrons. The predicted molar refractivity (Wildman–Crippen MR) is 119 cm³/mol. The maximum atomic E-state index is 13.0.